The van der Waals surface area contributed by atoms with Gasteiger partial charge < -0.3 is 34.3 Å². The van der Waals surface area contributed by atoms with E-state index in [0.717, 1.165) is 0 Å². The molecule has 0 amide bonds. The summed E-state index contributed by atoms with van der Waals surface area (Å²) >= 11 is 1.29. The summed E-state index contributed by atoms with van der Waals surface area (Å²) < 4.78 is 0. The average Bonchev–Trinajstić information content (AvgIpc) is 2.02. The minimum atomic E-state index is 0. The van der Waals surface area contributed by atoms with E-state index in [2.05, 4.69) is 30.5 Å². The molecule has 0 bridgehead atoms. The van der Waals surface area contributed by atoms with E-state index in [1.807, 2.05) is 18.2 Å². The number of aryl methyl sites for hydroxylation is 1. The lowest BCUT2D eigenvalue weighted by Crippen LogP contribution is -3.00. The van der Waals surface area contributed by atoms with Gasteiger partial charge in [-0.05, 0) is 23.5 Å². The van der Waals surface area contributed by atoms with Crippen molar-refractivity contribution in [1.82, 2.24) is 0 Å². The van der Waals surface area contributed by atoms with Gasteiger partial charge in [-0.15, -0.1) is 0 Å². The first kappa shape index (κ1) is 29.2. The summed E-state index contributed by atoms with van der Waals surface area (Å²) in [5.74, 6) is 0. The Morgan fingerprint density at radius 3 is 1.87 bits per heavy atom. The van der Waals surface area contributed by atoms with E-state index in [1.165, 1.54) is 16.2 Å². The molecule has 0 aromatic carbocycles. The van der Waals surface area contributed by atoms with Crippen LogP contribution in [0.3, 0.4) is 0 Å². The quantitative estimate of drug-likeness (QED) is 0.431. The monoisotopic (exact) mass is 258 g/mol. The second-order valence-corrected chi connectivity index (χ2v) is 3.31. The summed E-state index contributed by atoms with van der Waals surface area (Å²) in [6, 6.07) is 12.4. The Morgan fingerprint density at radius 1 is 0.800 bits per heavy atom. The maximum absolute atomic E-state index is 2.13. The molecule has 1 heterocycles. The largest absolute Gasteiger partial charge is 1.00 e. The third kappa shape index (κ3) is 16.0. The zero-order chi connectivity index (χ0) is 7.23. The smallest absolute Gasteiger partial charge is 0.144 e. The van der Waals surface area contributed by atoms with Crippen molar-refractivity contribution < 1.29 is 34.3 Å². The van der Waals surface area contributed by atoms with E-state index in [1.54, 1.807) is 0 Å². The molecule has 0 unspecified atom stereocenters. The lowest BCUT2D eigenvalue weighted by atomic mass is 10.4. The molecule has 1 rings (SSSR count). The molecule has 1 aromatic rings. The molecule has 15 heavy (non-hydrogen) atoms. The van der Waals surface area contributed by atoms with Crippen molar-refractivity contribution in [3.05, 3.63) is 46.7 Å². The maximum atomic E-state index is 2.13. The second-order valence-electron chi connectivity index (χ2n) is 2.05. The summed E-state index contributed by atoms with van der Waals surface area (Å²) in [4.78, 5) is 1.37. The van der Waals surface area contributed by atoms with Crippen molar-refractivity contribution in [1.29, 1.82) is 0 Å². The van der Waals surface area contributed by atoms with Gasteiger partial charge in [-0.2, -0.15) is 0 Å². The first-order valence-electron chi connectivity index (χ1n) is 3.27. The number of hydrogen-bond acceptors (Lipinski definition) is 0. The van der Waals surface area contributed by atoms with E-state index in [9.17, 15) is 0 Å². The molecule has 0 aliphatic carbocycles. The molecule has 0 spiro atoms. The summed E-state index contributed by atoms with van der Waals surface area (Å²) in [6.07, 6.45) is 0. The third-order valence-corrected chi connectivity index (χ3v) is 2.02. The van der Waals surface area contributed by atoms with Gasteiger partial charge in [0.1, 0.15) is 10.3 Å². The Bertz CT molecular complexity index is 230. The van der Waals surface area contributed by atoms with Crippen molar-refractivity contribution in [2.24, 2.45) is 0 Å². The van der Waals surface area contributed by atoms with Gasteiger partial charge in [-0.1, -0.05) is 24.3 Å². The lowest BCUT2D eigenvalue weighted by Gasteiger charge is -1.67. The van der Waals surface area contributed by atoms with Crippen molar-refractivity contribution in [2.45, 2.75) is 6.92 Å². The Morgan fingerprint density at radius 2 is 1.27 bits per heavy atom. The van der Waals surface area contributed by atoms with Crippen molar-refractivity contribution in [3.8, 4) is 0 Å². The zero-order valence-corrected chi connectivity index (χ0v) is 10.0. The molecule has 6 heteroatoms. The summed E-state index contributed by atoms with van der Waals surface area (Å²) in [7, 11) is 0. The Kier molecular flexibility index (Phi) is 37.0. The van der Waals surface area contributed by atoms with E-state index in [0.29, 0.717) is 0 Å². The van der Waals surface area contributed by atoms with Gasteiger partial charge >= 0.3 is 0 Å². The van der Waals surface area contributed by atoms with Crippen LogP contribution in [0, 0.1) is 6.92 Å². The third-order valence-electron chi connectivity index (χ3n) is 1.15. The number of hydrogen-bond donors (Lipinski definition) is 0. The van der Waals surface area contributed by atoms with Gasteiger partial charge in [0.25, 0.3) is 0 Å². The highest BCUT2D eigenvalue weighted by molar-refractivity contribution is 7.09. The molecule has 0 aliphatic heterocycles. The number of rotatable bonds is 0. The molecule has 92 valence electrons. The molecular formula is C9H19ClO4S. The fourth-order valence-corrected chi connectivity index (χ4v) is 1.23. The van der Waals surface area contributed by atoms with Gasteiger partial charge in [0.05, 0.1) is 0 Å². The molecule has 1 aromatic heterocycles. The molecule has 8 N–H and O–H groups in total. The van der Waals surface area contributed by atoms with Gasteiger partial charge in [0.2, 0.25) is 0 Å². The molecule has 0 fully saturated rings. The molecule has 0 atom stereocenters. The van der Waals surface area contributed by atoms with Crippen LogP contribution in [0.25, 0.3) is 0 Å². The van der Waals surface area contributed by atoms with Crippen LogP contribution in [0.15, 0.2) is 41.8 Å². The highest BCUT2D eigenvalue weighted by atomic mass is 35.5. The fraction of sp³-hybridized carbons (Fsp3) is 0.111. The highest BCUT2D eigenvalue weighted by Gasteiger charge is 1.79. The molecular weight excluding hydrogens is 240 g/mol. The minimum Gasteiger partial charge on any atom is -1.00 e. The van der Waals surface area contributed by atoms with E-state index >= 15 is 0 Å². The fourth-order valence-electron chi connectivity index (χ4n) is 0.641. The molecule has 4 nitrogen and oxygen atoms in total. The van der Waals surface area contributed by atoms with Gasteiger partial charge in [-0.25, -0.2) is 0 Å². The van der Waals surface area contributed by atoms with Gasteiger partial charge in [-0.3, -0.25) is 0 Å². The zero-order valence-electron chi connectivity index (χ0n) is 8.37. The van der Waals surface area contributed by atoms with Crippen LogP contribution >= 0.6 is 11.3 Å². The Labute approximate surface area is 99.6 Å². The lowest BCUT2D eigenvalue weighted by molar-refractivity contribution is -0.00000684. The van der Waals surface area contributed by atoms with Crippen LogP contribution in [0.1, 0.15) is 4.88 Å². The van der Waals surface area contributed by atoms with Crippen LogP contribution in [0.2, 0.25) is 0 Å². The Hall–Kier alpha value is -0.690. The van der Waals surface area contributed by atoms with E-state index in [-0.39, 0.29) is 34.3 Å². The first-order chi connectivity index (χ1) is 4.89. The topological polar surface area (TPSA) is 126 Å². The highest BCUT2D eigenvalue weighted by Crippen LogP contribution is 1.99. The van der Waals surface area contributed by atoms with Crippen LogP contribution in [-0.4, -0.2) is 21.9 Å². The number of halogens is 1. The Balaban J connectivity index is -0.0000000667. The van der Waals surface area contributed by atoms with Crippen LogP contribution in [-0.2, 0) is 0 Å². The molecule has 0 saturated carbocycles. The first-order valence-corrected chi connectivity index (χ1v) is 4.23. The normalized spacial score (nSPS) is 5.67. The molecule has 0 aliphatic rings. The van der Waals surface area contributed by atoms with Crippen molar-refractivity contribution in [3.63, 3.8) is 0 Å². The van der Waals surface area contributed by atoms with Crippen LogP contribution < -0.4 is 12.4 Å². The van der Waals surface area contributed by atoms with Gasteiger partial charge in [0, 0.05) is 6.92 Å². The summed E-state index contributed by atoms with van der Waals surface area (Å²) in [5.41, 5.74) is 0. The van der Waals surface area contributed by atoms with E-state index in [4.69, 9.17) is 0 Å². The molecule has 0 saturated heterocycles. The van der Waals surface area contributed by atoms with Crippen molar-refractivity contribution in [2.75, 3.05) is 0 Å². The SMILES string of the molecule is Cc1ccccccc[sH+]1.O.O.O.O.[Cl-]. The van der Waals surface area contributed by atoms with Crippen LogP contribution in [0.4, 0.5) is 0 Å². The minimum absolute atomic E-state index is 0. The molecule has 0 radical (unpaired) electrons. The van der Waals surface area contributed by atoms with Crippen molar-refractivity contribution >= 4 is 11.3 Å². The standard InChI is InChI=1S/C9H10S.ClH.4H2O/c1-9-7-5-3-2-4-6-8-10-9;;;;;/h2-8H,1H3;1H;4*1H2. The van der Waals surface area contributed by atoms with Crippen LogP contribution in [0.5, 0.6) is 0 Å². The average molecular weight is 259 g/mol. The van der Waals surface area contributed by atoms with Gasteiger partial charge in [0.15, 0.2) is 0 Å². The van der Waals surface area contributed by atoms with E-state index < -0.39 is 0 Å². The maximum Gasteiger partial charge on any atom is 0.144 e. The summed E-state index contributed by atoms with van der Waals surface area (Å²) in [5, 5.41) is 2.13. The predicted octanol–water partition coefficient (Wildman–Crippen LogP) is -3.38. The predicted molar refractivity (Wildman–Crippen MR) is 62.5 cm³/mol. The summed E-state index contributed by atoms with van der Waals surface area (Å²) in [6.45, 7) is 2.13. The second kappa shape index (κ2) is 19.0.